The van der Waals surface area contributed by atoms with Crippen LogP contribution in [0.1, 0.15) is 16.1 Å². The Morgan fingerprint density at radius 3 is 2.85 bits per heavy atom. The number of hydrogen-bond acceptors (Lipinski definition) is 6. The van der Waals surface area contributed by atoms with Crippen molar-refractivity contribution in [3.05, 3.63) is 58.0 Å². The zero-order valence-electron chi connectivity index (χ0n) is 9.98. The minimum Gasteiger partial charge on any atom is -0.872 e. The summed E-state index contributed by atoms with van der Waals surface area (Å²) >= 11 is 0. The topological polar surface area (TPSA) is 121 Å². The van der Waals surface area contributed by atoms with E-state index < -0.39 is 16.6 Å². The lowest BCUT2D eigenvalue weighted by Gasteiger charge is -2.08. The van der Waals surface area contributed by atoms with Gasteiger partial charge < -0.3 is 9.52 Å². The van der Waals surface area contributed by atoms with E-state index in [1.54, 1.807) is 0 Å². The van der Waals surface area contributed by atoms with E-state index in [-0.39, 0.29) is 17.0 Å². The SMILES string of the molecule is O=C(N/N=C\c1cc([N+](=O)[O-])ccc1[O-])c1ccco1. The van der Waals surface area contributed by atoms with Crippen LogP contribution in [0.2, 0.25) is 0 Å². The summed E-state index contributed by atoms with van der Waals surface area (Å²) in [5.74, 6) is -0.973. The smallest absolute Gasteiger partial charge is 0.307 e. The number of nitrogens with zero attached hydrogens (tertiary/aromatic N) is 2. The predicted octanol–water partition coefficient (Wildman–Crippen LogP) is 1.03. The average Bonchev–Trinajstić information content (AvgIpc) is 2.94. The Bertz CT molecular complexity index is 664. The maximum Gasteiger partial charge on any atom is 0.307 e. The fraction of sp³-hybridized carbons (Fsp3) is 0. The number of hydrazone groups is 1. The molecule has 102 valence electrons. The Labute approximate surface area is 112 Å². The summed E-state index contributed by atoms with van der Waals surface area (Å²) < 4.78 is 4.84. The number of carbonyl (C=O) groups excluding carboxylic acids is 1. The third-order valence-electron chi connectivity index (χ3n) is 2.32. The van der Waals surface area contributed by atoms with E-state index in [2.05, 4.69) is 10.5 Å². The molecule has 0 aliphatic heterocycles. The molecule has 0 aliphatic carbocycles. The Balaban J connectivity index is 2.09. The molecule has 0 radical (unpaired) electrons. The Morgan fingerprint density at radius 1 is 1.40 bits per heavy atom. The molecule has 1 aromatic carbocycles. The van der Waals surface area contributed by atoms with E-state index in [4.69, 9.17) is 4.42 Å². The summed E-state index contributed by atoms with van der Waals surface area (Å²) in [6.45, 7) is 0. The molecule has 0 atom stereocenters. The zero-order valence-corrected chi connectivity index (χ0v) is 9.98. The molecular weight excluding hydrogens is 266 g/mol. The van der Waals surface area contributed by atoms with Gasteiger partial charge in [-0.25, -0.2) is 5.43 Å². The highest BCUT2D eigenvalue weighted by Crippen LogP contribution is 2.18. The van der Waals surface area contributed by atoms with Gasteiger partial charge in [-0.05, 0) is 17.7 Å². The van der Waals surface area contributed by atoms with E-state index in [1.807, 2.05) is 0 Å². The first kappa shape index (κ1) is 13.3. The summed E-state index contributed by atoms with van der Waals surface area (Å²) in [5, 5.41) is 25.6. The molecule has 0 saturated carbocycles. The standard InChI is InChI=1S/C12H9N3O5/c16-10-4-3-9(15(18)19)6-8(10)7-13-14-12(17)11-2-1-5-20-11/h1-7,16H,(H,14,17)/p-1/b13-7-. The van der Waals surface area contributed by atoms with Gasteiger partial charge in [0.1, 0.15) is 0 Å². The van der Waals surface area contributed by atoms with Crippen LogP contribution in [0.4, 0.5) is 5.69 Å². The number of hydrogen-bond donors (Lipinski definition) is 1. The summed E-state index contributed by atoms with van der Waals surface area (Å²) in [5.41, 5.74) is 1.90. The van der Waals surface area contributed by atoms with E-state index >= 15 is 0 Å². The number of nitro benzene ring substituents is 1. The van der Waals surface area contributed by atoms with Crippen LogP contribution in [-0.4, -0.2) is 17.0 Å². The van der Waals surface area contributed by atoms with Gasteiger partial charge in [0.15, 0.2) is 5.76 Å². The molecule has 8 heteroatoms. The van der Waals surface area contributed by atoms with Crippen LogP contribution in [0, 0.1) is 10.1 Å². The van der Waals surface area contributed by atoms with Crippen LogP contribution in [0.3, 0.4) is 0 Å². The van der Waals surface area contributed by atoms with Crippen LogP contribution in [0.25, 0.3) is 0 Å². The molecule has 2 rings (SSSR count). The molecule has 0 spiro atoms. The third-order valence-corrected chi connectivity index (χ3v) is 2.32. The lowest BCUT2D eigenvalue weighted by molar-refractivity contribution is -0.385. The molecule has 1 N–H and O–H groups in total. The second kappa shape index (κ2) is 5.65. The van der Waals surface area contributed by atoms with Crippen molar-refractivity contribution in [3.63, 3.8) is 0 Å². The Kier molecular flexibility index (Phi) is 3.75. The molecule has 1 aromatic heterocycles. The molecule has 0 fully saturated rings. The van der Waals surface area contributed by atoms with E-state index in [9.17, 15) is 20.0 Å². The first-order chi connectivity index (χ1) is 9.58. The predicted molar refractivity (Wildman–Crippen MR) is 66.3 cm³/mol. The lowest BCUT2D eigenvalue weighted by atomic mass is 10.2. The second-order valence-electron chi connectivity index (χ2n) is 3.66. The van der Waals surface area contributed by atoms with Gasteiger partial charge >= 0.3 is 5.91 Å². The highest BCUT2D eigenvalue weighted by Gasteiger charge is 2.07. The molecule has 8 nitrogen and oxygen atoms in total. The van der Waals surface area contributed by atoms with Crippen molar-refractivity contribution < 1.29 is 19.2 Å². The van der Waals surface area contributed by atoms with Crippen LogP contribution < -0.4 is 10.5 Å². The number of nitro groups is 1. The zero-order chi connectivity index (χ0) is 14.5. The Morgan fingerprint density at radius 2 is 2.20 bits per heavy atom. The van der Waals surface area contributed by atoms with Crippen molar-refractivity contribution >= 4 is 17.8 Å². The molecule has 1 heterocycles. The van der Waals surface area contributed by atoms with Crippen molar-refractivity contribution in [3.8, 4) is 5.75 Å². The highest BCUT2D eigenvalue weighted by molar-refractivity contribution is 5.92. The molecular formula is C12H8N3O5-. The molecule has 20 heavy (non-hydrogen) atoms. The monoisotopic (exact) mass is 274 g/mol. The van der Waals surface area contributed by atoms with Crippen molar-refractivity contribution in [1.29, 1.82) is 0 Å². The van der Waals surface area contributed by atoms with Crippen molar-refractivity contribution in [2.45, 2.75) is 0 Å². The quantitative estimate of drug-likeness (QED) is 0.507. The number of nitrogens with one attached hydrogen (secondary N) is 1. The summed E-state index contributed by atoms with van der Waals surface area (Å²) in [6.07, 6.45) is 2.37. The van der Waals surface area contributed by atoms with E-state index in [1.165, 1.54) is 18.4 Å². The molecule has 0 unspecified atom stereocenters. The number of amides is 1. The highest BCUT2D eigenvalue weighted by atomic mass is 16.6. The molecule has 0 aliphatic rings. The number of non-ortho nitro benzene ring substituents is 1. The number of furan rings is 1. The van der Waals surface area contributed by atoms with Crippen molar-refractivity contribution in [2.24, 2.45) is 5.10 Å². The van der Waals surface area contributed by atoms with E-state index in [0.29, 0.717) is 0 Å². The number of benzene rings is 1. The van der Waals surface area contributed by atoms with Crippen molar-refractivity contribution in [2.75, 3.05) is 0 Å². The normalized spacial score (nSPS) is 10.6. The van der Waals surface area contributed by atoms with Crippen LogP contribution in [0.5, 0.6) is 5.75 Å². The first-order valence-corrected chi connectivity index (χ1v) is 5.40. The second-order valence-corrected chi connectivity index (χ2v) is 3.66. The third kappa shape index (κ3) is 2.99. The summed E-state index contributed by atoms with van der Waals surface area (Å²) in [6, 6.07) is 6.21. The van der Waals surface area contributed by atoms with Gasteiger partial charge in [0.05, 0.1) is 17.4 Å². The lowest BCUT2D eigenvalue weighted by Crippen LogP contribution is -2.16. The van der Waals surface area contributed by atoms with Gasteiger partial charge in [-0.3, -0.25) is 14.9 Å². The van der Waals surface area contributed by atoms with Crippen LogP contribution in [-0.2, 0) is 0 Å². The number of carbonyl (C=O) groups is 1. The maximum atomic E-state index is 11.5. The van der Waals surface area contributed by atoms with Gasteiger partial charge in [0, 0.05) is 12.1 Å². The maximum absolute atomic E-state index is 11.5. The van der Waals surface area contributed by atoms with Gasteiger partial charge in [0.25, 0.3) is 5.69 Å². The molecule has 0 bridgehead atoms. The molecule has 2 aromatic rings. The van der Waals surface area contributed by atoms with Gasteiger partial charge in [0.2, 0.25) is 0 Å². The summed E-state index contributed by atoms with van der Waals surface area (Å²) in [4.78, 5) is 21.4. The van der Waals surface area contributed by atoms with Crippen molar-refractivity contribution in [1.82, 2.24) is 5.43 Å². The van der Waals surface area contributed by atoms with Crippen LogP contribution >= 0.6 is 0 Å². The first-order valence-electron chi connectivity index (χ1n) is 5.40. The fourth-order valence-corrected chi connectivity index (χ4v) is 1.37. The van der Waals surface area contributed by atoms with Gasteiger partial charge in [-0.2, -0.15) is 5.10 Å². The minimum atomic E-state index is -0.627. The van der Waals surface area contributed by atoms with Crippen LogP contribution in [0.15, 0.2) is 46.1 Å². The average molecular weight is 274 g/mol. The molecule has 1 amide bonds. The summed E-state index contributed by atoms with van der Waals surface area (Å²) in [7, 11) is 0. The van der Waals surface area contributed by atoms with Gasteiger partial charge in [-0.1, -0.05) is 11.8 Å². The fourth-order valence-electron chi connectivity index (χ4n) is 1.37. The minimum absolute atomic E-state index is 0.000977. The van der Waals surface area contributed by atoms with Gasteiger partial charge in [-0.15, -0.1) is 0 Å². The largest absolute Gasteiger partial charge is 0.872 e. The van der Waals surface area contributed by atoms with E-state index in [0.717, 1.165) is 24.4 Å². The Hall–Kier alpha value is -3.16. The molecule has 0 saturated heterocycles. The number of rotatable bonds is 4.